The molecule has 3 N–H and O–H groups in total. The molecule has 0 spiro atoms. The van der Waals surface area contributed by atoms with Gasteiger partial charge in [-0.05, 0) is 25.8 Å². The number of anilines is 2. The summed E-state index contributed by atoms with van der Waals surface area (Å²) in [6.45, 7) is 11.8. The Morgan fingerprint density at radius 1 is 1.42 bits per heavy atom. The Balaban J connectivity index is 1.93. The number of nitrogens with two attached hydrogens (primary N) is 1. The van der Waals surface area contributed by atoms with E-state index < -0.39 is 0 Å². The van der Waals surface area contributed by atoms with Crippen molar-refractivity contribution in [1.29, 1.82) is 0 Å². The molecule has 3 aromatic rings. The second-order valence-electron chi connectivity index (χ2n) is 6.09. The van der Waals surface area contributed by atoms with E-state index in [1.165, 1.54) is 4.52 Å². The van der Waals surface area contributed by atoms with Crippen molar-refractivity contribution in [3.05, 3.63) is 56.9 Å². The summed E-state index contributed by atoms with van der Waals surface area (Å²) < 4.78 is 3.07. The molecule has 134 valence electrons. The van der Waals surface area contributed by atoms with Crippen LogP contribution in [0, 0.1) is 13.5 Å². The first-order valence-electron chi connectivity index (χ1n) is 8.41. The van der Waals surface area contributed by atoms with Crippen LogP contribution in [0.1, 0.15) is 23.7 Å². The number of aryl methyl sites for hydroxylation is 3. The minimum Gasteiger partial charge on any atom is -0.392 e. The maximum Gasteiger partial charge on any atom is 0.268 e. The van der Waals surface area contributed by atoms with Crippen LogP contribution in [-0.2, 0) is 19.9 Å². The van der Waals surface area contributed by atoms with Crippen LogP contribution in [-0.4, -0.2) is 25.7 Å². The molecule has 3 heterocycles. The zero-order valence-electron chi connectivity index (χ0n) is 15.1. The number of pyridine rings is 1. The maximum atomic E-state index is 12.1. The van der Waals surface area contributed by atoms with Gasteiger partial charge in [0.25, 0.3) is 11.2 Å². The lowest BCUT2D eigenvalue weighted by Gasteiger charge is -2.11. The molecule has 0 amide bonds. The van der Waals surface area contributed by atoms with E-state index in [1.807, 2.05) is 19.9 Å². The standard InChI is InChI=1S/C18H21N7O/c1-5-13-11(2)23-25-15(19)14(20-3)16(22-17(13)25)21-9-8-12-7-6-10-24(4)18(12)26/h6-7,10H,5,8-9,19H2,1-2,4H3,(H,21,22). The maximum absolute atomic E-state index is 12.1. The number of aromatic nitrogens is 4. The summed E-state index contributed by atoms with van der Waals surface area (Å²) in [6.07, 6.45) is 3.02. The molecule has 8 nitrogen and oxygen atoms in total. The third-order valence-electron chi connectivity index (χ3n) is 4.42. The van der Waals surface area contributed by atoms with Gasteiger partial charge < -0.3 is 15.6 Å². The highest BCUT2D eigenvalue weighted by molar-refractivity contribution is 5.80. The number of nitrogens with one attached hydrogen (secondary N) is 1. The molecule has 0 unspecified atom stereocenters. The summed E-state index contributed by atoms with van der Waals surface area (Å²) in [6, 6.07) is 3.65. The summed E-state index contributed by atoms with van der Waals surface area (Å²) in [5.74, 6) is 0.693. The summed E-state index contributed by atoms with van der Waals surface area (Å²) in [4.78, 5) is 20.2. The Hall–Kier alpha value is -3.34. The van der Waals surface area contributed by atoms with Crippen LogP contribution in [0.5, 0.6) is 0 Å². The van der Waals surface area contributed by atoms with Crippen LogP contribution < -0.4 is 16.6 Å². The van der Waals surface area contributed by atoms with Crippen LogP contribution in [0.15, 0.2) is 23.1 Å². The van der Waals surface area contributed by atoms with E-state index in [4.69, 9.17) is 12.3 Å². The lowest BCUT2D eigenvalue weighted by atomic mass is 10.2. The Bertz CT molecular complexity index is 1070. The highest BCUT2D eigenvalue weighted by Gasteiger charge is 2.18. The Kier molecular flexibility index (Phi) is 4.63. The molecule has 0 fully saturated rings. The predicted molar refractivity (Wildman–Crippen MR) is 102 cm³/mol. The van der Waals surface area contributed by atoms with Gasteiger partial charge in [0, 0.05) is 30.9 Å². The van der Waals surface area contributed by atoms with Crippen molar-refractivity contribution in [2.75, 3.05) is 17.6 Å². The molecule has 3 aromatic heterocycles. The van der Waals surface area contributed by atoms with Gasteiger partial charge in [-0.3, -0.25) is 4.79 Å². The largest absolute Gasteiger partial charge is 0.392 e. The zero-order chi connectivity index (χ0) is 18.8. The molecule has 0 saturated heterocycles. The van der Waals surface area contributed by atoms with E-state index >= 15 is 0 Å². The second kappa shape index (κ2) is 6.88. The molecule has 0 aliphatic heterocycles. The van der Waals surface area contributed by atoms with E-state index in [9.17, 15) is 4.79 Å². The molecular formula is C18H21N7O. The molecule has 0 aliphatic rings. The molecule has 3 rings (SSSR count). The van der Waals surface area contributed by atoms with Crippen molar-refractivity contribution in [3.63, 3.8) is 0 Å². The monoisotopic (exact) mass is 351 g/mol. The normalized spacial score (nSPS) is 10.8. The second-order valence-corrected chi connectivity index (χ2v) is 6.09. The summed E-state index contributed by atoms with van der Waals surface area (Å²) in [5.41, 5.74) is 9.59. The minimum absolute atomic E-state index is 0.0256. The first-order chi connectivity index (χ1) is 12.5. The van der Waals surface area contributed by atoms with Gasteiger partial charge in [0.05, 0.1) is 12.3 Å². The summed E-state index contributed by atoms with van der Waals surface area (Å²) >= 11 is 0. The highest BCUT2D eigenvalue weighted by Crippen LogP contribution is 2.32. The average Bonchev–Trinajstić information content (AvgIpc) is 2.94. The van der Waals surface area contributed by atoms with Crippen LogP contribution >= 0.6 is 0 Å². The van der Waals surface area contributed by atoms with Crippen molar-refractivity contribution < 1.29 is 0 Å². The molecule has 0 atom stereocenters. The van der Waals surface area contributed by atoms with Crippen LogP contribution in [0.3, 0.4) is 0 Å². The highest BCUT2D eigenvalue weighted by atomic mass is 16.1. The van der Waals surface area contributed by atoms with E-state index in [2.05, 4.69) is 20.2 Å². The van der Waals surface area contributed by atoms with Gasteiger partial charge in [0.2, 0.25) is 0 Å². The lowest BCUT2D eigenvalue weighted by molar-refractivity contribution is 0.827. The number of fused-ring (bicyclic) bond motifs is 1. The Morgan fingerprint density at radius 2 is 2.19 bits per heavy atom. The lowest BCUT2D eigenvalue weighted by Crippen LogP contribution is -2.22. The van der Waals surface area contributed by atoms with Crippen molar-refractivity contribution in [3.8, 4) is 0 Å². The third-order valence-corrected chi connectivity index (χ3v) is 4.42. The topological polar surface area (TPSA) is 94.6 Å². The van der Waals surface area contributed by atoms with Crippen LogP contribution in [0.2, 0.25) is 0 Å². The number of hydrogen-bond acceptors (Lipinski definition) is 5. The number of nitrogens with zero attached hydrogens (tertiary/aromatic N) is 5. The van der Waals surface area contributed by atoms with Crippen molar-refractivity contribution in [2.45, 2.75) is 26.7 Å². The number of nitrogen functional groups attached to an aromatic ring is 1. The van der Waals surface area contributed by atoms with E-state index in [0.29, 0.717) is 30.0 Å². The first-order valence-corrected chi connectivity index (χ1v) is 8.41. The summed E-state index contributed by atoms with van der Waals surface area (Å²) in [7, 11) is 1.72. The van der Waals surface area contributed by atoms with Crippen LogP contribution in [0.4, 0.5) is 17.3 Å². The molecule has 0 bridgehead atoms. The molecule has 0 aliphatic carbocycles. The quantitative estimate of drug-likeness (QED) is 0.686. The van der Waals surface area contributed by atoms with Crippen molar-refractivity contribution >= 4 is 23.0 Å². The number of rotatable bonds is 5. The van der Waals surface area contributed by atoms with Gasteiger partial charge in [-0.2, -0.15) is 5.10 Å². The van der Waals surface area contributed by atoms with Crippen LogP contribution in [0.25, 0.3) is 10.5 Å². The molecular weight excluding hydrogens is 330 g/mol. The molecule has 26 heavy (non-hydrogen) atoms. The van der Waals surface area contributed by atoms with Crippen molar-refractivity contribution in [2.24, 2.45) is 7.05 Å². The van der Waals surface area contributed by atoms with Crippen molar-refractivity contribution in [1.82, 2.24) is 19.2 Å². The van der Waals surface area contributed by atoms with Gasteiger partial charge in [-0.1, -0.05) is 13.0 Å². The SMILES string of the molecule is [C-]#[N+]c1c(NCCc2cccn(C)c2=O)nc2c(CC)c(C)nn2c1N. The van der Waals surface area contributed by atoms with E-state index in [0.717, 1.165) is 17.7 Å². The fourth-order valence-electron chi connectivity index (χ4n) is 3.02. The van der Waals surface area contributed by atoms with E-state index in [1.54, 1.807) is 23.9 Å². The predicted octanol–water partition coefficient (Wildman–Crippen LogP) is 2.09. The Labute approximate surface area is 151 Å². The average molecular weight is 351 g/mol. The smallest absolute Gasteiger partial charge is 0.268 e. The zero-order valence-corrected chi connectivity index (χ0v) is 15.1. The third kappa shape index (κ3) is 2.88. The fourth-order valence-corrected chi connectivity index (χ4v) is 3.02. The first kappa shape index (κ1) is 17.5. The fraction of sp³-hybridized carbons (Fsp3) is 0.333. The van der Waals surface area contributed by atoms with Gasteiger partial charge in [-0.15, -0.1) is 0 Å². The van der Waals surface area contributed by atoms with Gasteiger partial charge in [0.15, 0.2) is 5.65 Å². The van der Waals surface area contributed by atoms with Gasteiger partial charge in [0.1, 0.15) is 11.6 Å². The Morgan fingerprint density at radius 3 is 2.88 bits per heavy atom. The van der Waals surface area contributed by atoms with Gasteiger partial charge >= 0.3 is 0 Å². The molecule has 0 saturated carbocycles. The molecule has 0 aromatic carbocycles. The molecule has 8 heteroatoms. The number of hydrogen-bond donors (Lipinski definition) is 2. The van der Waals surface area contributed by atoms with E-state index in [-0.39, 0.29) is 17.1 Å². The van der Waals surface area contributed by atoms with Gasteiger partial charge in [-0.25, -0.2) is 14.3 Å². The molecule has 0 radical (unpaired) electrons. The minimum atomic E-state index is -0.0256. The summed E-state index contributed by atoms with van der Waals surface area (Å²) in [5, 5.41) is 7.56.